The molecule has 1 aromatic rings. The number of hydrogen-bond acceptors (Lipinski definition) is 4. The molecule has 0 amide bonds. The van der Waals surface area contributed by atoms with Gasteiger partial charge < -0.3 is 9.84 Å². The van der Waals surface area contributed by atoms with Crippen LogP contribution in [-0.4, -0.2) is 32.6 Å². The molecule has 0 radical (unpaired) electrons. The lowest BCUT2D eigenvalue weighted by molar-refractivity contribution is -0.143. The van der Waals surface area contributed by atoms with Crippen molar-refractivity contribution in [2.24, 2.45) is 5.92 Å². The molecule has 116 valence electrons. The summed E-state index contributed by atoms with van der Waals surface area (Å²) < 4.78 is 32.2. The van der Waals surface area contributed by atoms with Gasteiger partial charge in [0.1, 0.15) is 5.75 Å². The zero-order valence-corrected chi connectivity index (χ0v) is 12.6. The lowest BCUT2D eigenvalue weighted by Crippen LogP contribution is -2.44. The molecule has 0 saturated heterocycles. The van der Waals surface area contributed by atoms with Crippen LogP contribution in [0.4, 0.5) is 0 Å². The summed E-state index contributed by atoms with van der Waals surface area (Å²) in [6.45, 7) is 0. The van der Waals surface area contributed by atoms with Crippen molar-refractivity contribution in [2.45, 2.75) is 36.6 Å². The van der Waals surface area contributed by atoms with Gasteiger partial charge in [0, 0.05) is 6.04 Å². The summed E-state index contributed by atoms with van der Waals surface area (Å²) >= 11 is 0. The van der Waals surface area contributed by atoms with Gasteiger partial charge in [0.25, 0.3) is 0 Å². The fourth-order valence-corrected chi connectivity index (χ4v) is 3.90. The van der Waals surface area contributed by atoms with Crippen molar-refractivity contribution in [2.75, 3.05) is 7.11 Å². The van der Waals surface area contributed by atoms with E-state index in [2.05, 4.69) is 4.72 Å². The molecule has 0 heterocycles. The third-order valence-electron chi connectivity index (χ3n) is 3.76. The number of ether oxygens (including phenoxy) is 1. The van der Waals surface area contributed by atoms with Crippen molar-refractivity contribution in [3.63, 3.8) is 0 Å². The maximum atomic E-state index is 12.3. The number of sulfonamides is 1. The van der Waals surface area contributed by atoms with Gasteiger partial charge in [0.05, 0.1) is 17.9 Å². The highest BCUT2D eigenvalue weighted by atomic mass is 32.2. The Kier molecular flexibility index (Phi) is 4.84. The molecule has 1 saturated carbocycles. The van der Waals surface area contributed by atoms with Crippen LogP contribution >= 0.6 is 0 Å². The Balaban J connectivity index is 2.17. The van der Waals surface area contributed by atoms with Crippen molar-refractivity contribution < 1.29 is 23.1 Å². The van der Waals surface area contributed by atoms with E-state index in [0.717, 1.165) is 12.8 Å². The van der Waals surface area contributed by atoms with Crippen LogP contribution in [0.25, 0.3) is 0 Å². The summed E-state index contributed by atoms with van der Waals surface area (Å²) in [4.78, 5) is 11.3. The van der Waals surface area contributed by atoms with E-state index in [-0.39, 0.29) is 4.90 Å². The van der Waals surface area contributed by atoms with Crippen LogP contribution in [0.15, 0.2) is 29.2 Å². The molecule has 1 aliphatic carbocycles. The second-order valence-electron chi connectivity index (χ2n) is 5.13. The summed E-state index contributed by atoms with van der Waals surface area (Å²) in [7, 11) is -2.22. The predicted octanol–water partition coefficient (Wildman–Crippen LogP) is 1.62. The Morgan fingerprint density at radius 3 is 2.43 bits per heavy atom. The Morgan fingerprint density at radius 2 is 1.86 bits per heavy atom. The molecular weight excluding hydrogens is 294 g/mol. The monoisotopic (exact) mass is 313 g/mol. The van der Waals surface area contributed by atoms with Gasteiger partial charge in [-0.25, -0.2) is 13.1 Å². The number of carboxylic acids is 1. The van der Waals surface area contributed by atoms with E-state index >= 15 is 0 Å². The molecule has 0 bridgehead atoms. The lowest BCUT2D eigenvalue weighted by Gasteiger charge is -2.28. The Hall–Kier alpha value is -1.60. The zero-order chi connectivity index (χ0) is 15.5. The quantitative estimate of drug-likeness (QED) is 0.861. The average Bonchev–Trinajstić information content (AvgIpc) is 2.47. The zero-order valence-electron chi connectivity index (χ0n) is 11.8. The Bertz CT molecular complexity index is 596. The second-order valence-corrected chi connectivity index (χ2v) is 6.85. The van der Waals surface area contributed by atoms with E-state index in [1.165, 1.54) is 19.2 Å². The largest absolute Gasteiger partial charge is 0.497 e. The van der Waals surface area contributed by atoms with E-state index in [4.69, 9.17) is 4.74 Å². The molecule has 6 nitrogen and oxygen atoms in total. The van der Waals surface area contributed by atoms with Crippen molar-refractivity contribution in [3.8, 4) is 5.75 Å². The molecule has 7 heteroatoms. The summed E-state index contributed by atoms with van der Waals surface area (Å²) in [5.41, 5.74) is 0. The predicted molar refractivity (Wildman–Crippen MR) is 76.7 cm³/mol. The SMILES string of the molecule is COc1ccc(S(=O)(=O)N[C@@H]2CCCC[C@H]2C(=O)O)cc1. The number of rotatable bonds is 5. The van der Waals surface area contributed by atoms with Gasteiger partial charge in [-0.1, -0.05) is 12.8 Å². The standard InChI is InChI=1S/C14H19NO5S/c1-20-10-6-8-11(9-7-10)21(18,19)15-13-5-3-2-4-12(13)14(16)17/h6-9,12-13,15H,2-5H2,1H3,(H,16,17)/t12-,13-/m1/s1. The van der Waals surface area contributed by atoms with E-state index < -0.39 is 28.0 Å². The highest BCUT2D eigenvalue weighted by Crippen LogP contribution is 2.26. The minimum absolute atomic E-state index is 0.109. The molecule has 0 spiro atoms. The van der Waals surface area contributed by atoms with E-state index in [1.807, 2.05) is 0 Å². The first kappa shape index (κ1) is 15.8. The average molecular weight is 313 g/mol. The van der Waals surface area contributed by atoms with E-state index in [1.54, 1.807) is 12.1 Å². The van der Waals surface area contributed by atoms with Crippen LogP contribution in [0.3, 0.4) is 0 Å². The third kappa shape index (κ3) is 3.74. The summed E-state index contributed by atoms with van der Waals surface area (Å²) in [5, 5.41) is 9.19. The van der Waals surface area contributed by atoms with E-state index in [9.17, 15) is 18.3 Å². The number of carboxylic acid groups (broad SMARTS) is 1. The molecule has 1 aliphatic rings. The summed E-state index contributed by atoms with van der Waals surface area (Å²) in [5.74, 6) is -1.04. The summed E-state index contributed by atoms with van der Waals surface area (Å²) in [6.07, 6.45) is 2.70. The first-order valence-electron chi connectivity index (χ1n) is 6.83. The van der Waals surface area contributed by atoms with Gasteiger partial charge >= 0.3 is 5.97 Å². The van der Waals surface area contributed by atoms with Crippen molar-refractivity contribution in [1.29, 1.82) is 0 Å². The number of carbonyl (C=O) groups is 1. The number of hydrogen-bond donors (Lipinski definition) is 2. The van der Waals surface area contributed by atoms with Gasteiger partial charge in [0.15, 0.2) is 0 Å². The molecule has 2 rings (SSSR count). The van der Waals surface area contributed by atoms with Crippen molar-refractivity contribution >= 4 is 16.0 Å². The minimum atomic E-state index is -3.72. The molecule has 1 fully saturated rings. The fourth-order valence-electron chi connectivity index (χ4n) is 2.59. The highest BCUT2D eigenvalue weighted by Gasteiger charge is 2.33. The third-order valence-corrected chi connectivity index (χ3v) is 5.27. The van der Waals surface area contributed by atoms with Crippen LogP contribution in [0.2, 0.25) is 0 Å². The topological polar surface area (TPSA) is 92.7 Å². The van der Waals surface area contributed by atoms with Crippen LogP contribution in [0, 0.1) is 5.92 Å². The molecule has 1 aromatic carbocycles. The van der Waals surface area contributed by atoms with Crippen LogP contribution in [0.1, 0.15) is 25.7 Å². The van der Waals surface area contributed by atoms with Gasteiger partial charge in [-0.15, -0.1) is 0 Å². The molecule has 0 unspecified atom stereocenters. The van der Waals surface area contributed by atoms with Crippen molar-refractivity contribution in [1.82, 2.24) is 4.72 Å². The van der Waals surface area contributed by atoms with Crippen LogP contribution in [0.5, 0.6) is 5.75 Å². The Morgan fingerprint density at radius 1 is 1.24 bits per heavy atom. The van der Waals surface area contributed by atoms with Crippen molar-refractivity contribution in [3.05, 3.63) is 24.3 Å². The summed E-state index contributed by atoms with van der Waals surface area (Å²) in [6, 6.07) is 5.46. The van der Waals surface area contributed by atoms with Gasteiger partial charge in [-0.05, 0) is 37.1 Å². The minimum Gasteiger partial charge on any atom is -0.497 e. The number of nitrogens with one attached hydrogen (secondary N) is 1. The molecule has 21 heavy (non-hydrogen) atoms. The second kappa shape index (κ2) is 6.44. The van der Waals surface area contributed by atoms with Gasteiger partial charge in [-0.2, -0.15) is 0 Å². The maximum Gasteiger partial charge on any atom is 0.308 e. The van der Waals surface area contributed by atoms with Gasteiger partial charge in [0.2, 0.25) is 10.0 Å². The van der Waals surface area contributed by atoms with Crippen LogP contribution in [-0.2, 0) is 14.8 Å². The lowest BCUT2D eigenvalue weighted by atomic mass is 9.85. The number of aliphatic carboxylic acids is 1. The molecule has 0 aliphatic heterocycles. The Labute approximate surface area is 124 Å². The molecule has 2 N–H and O–H groups in total. The maximum absolute atomic E-state index is 12.3. The molecular formula is C14H19NO5S. The van der Waals surface area contributed by atoms with Crippen LogP contribution < -0.4 is 9.46 Å². The highest BCUT2D eigenvalue weighted by molar-refractivity contribution is 7.89. The van der Waals surface area contributed by atoms with Gasteiger partial charge in [-0.3, -0.25) is 4.79 Å². The number of benzene rings is 1. The fraction of sp³-hybridized carbons (Fsp3) is 0.500. The smallest absolute Gasteiger partial charge is 0.308 e. The molecule has 2 atom stereocenters. The number of methoxy groups -OCH3 is 1. The first-order chi connectivity index (χ1) is 9.94. The molecule has 0 aromatic heterocycles. The van der Waals surface area contributed by atoms with E-state index in [0.29, 0.717) is 18.6 Å². The normalized spacial score (nSPS) is 22.7. The first-order valence-corrected chi connectivity index (χ1v) is 8.31.